The van der Waals surface area contributed by atoms with Crippen molar-refractivity contribution in [2.24, 2.45) is 5.14 Å². The van der Waals surface area contributed by atoms with Crippen LogP contribution in [-0.2, 0) is 10.0 Å². The van der Waals surface area contributed by atoms with Gasteiger partial charge in [0.05, 0.1) is 0 Å². The molecule has 2 aromatic carbocycles. The number of sulfonamides is 1. The van der Waals surface area contributed by atoms with E-state index >= 15 is 0 Å². The summed E-state index contributed by atoms with van der Waals surface area (Å²) in [5.41, 5.74) is 1.16. The fourth-order valence-corrected chi connectivity index (χ4v) is 3.02. The Balaban J connectivity index is 2.18. The Morgan fingerprint density at radius 1 is 1.00 bits per heavy atom. The van der Waals surface area contributed by atoms with Crippen LogP contribution in [0.5, 0.6) is 0 Å². The van der Waals surface area contributed by atoms with Gasteiger partial charge >= 0.3 is 0 Å². The molecular formula is C15H10BrClN2O3S. The minimum Gasteiger partial charge on any atom is -0.435 e. The third-order valence-electron chi connectivity index (χ3n) is 3.06. The number of halogens is 2. The summed E-state index contributed by atoms with van der Waals surface area (Å²) in [7, 11) is -4.03. The van der Waals surface area contributed by atoms with Crippen molar-refractivity contribution in [2.75, 3.05) is 0 Å². The summed E-state index contributed by atoms with van der Waals surface area (Å²) < 4.78 is 30.2. The summed E-state index contributed by atoms with van der Waals surface area (Å²) >= 11 is 9.18. The molecular weight excluding hydrogens is 404 g/mol. The highest BCUT2D eigenvalue weighted by molar-refractivity contribution is 9.10. The normalized spacial score (nSPS) is 11.6. The van der Waals surface area contributed by atoms with Gasteiger partial charge in [0.1, 0.15) is 0 Å². The number of aromatic nitrogens is 1. The zero-order valence-electron chi connectivity index (χ0n) is 11.5. The fraction of sp³-hybridized carbons (Fsp3) is 0. The van der Waals surface area contributed by atoms with Crippen LogP contribution in [0.25, 0.3) is 22.8 Å². The molecule has 1 aromatic heterocycles. The smallest absolute Gasteiger partial charge is 0.259 e. The third kappa shape index (κ3) is 3.48. The van der Waals surface area contributed by atoms with Crippen LogP contribution in [0.1, 0.15) is 0 Å². The lowest BCUT2D eigenvalue weighted by Gasteiger charge is -1.99. The molecule has 0 bridgehead atoms. The maximum Gasteiger partial charge on any atom is 0.259 e. The first-order valence-electron chi connectivity index (χ1n) is 6.40. The number of oxazole rings is 1. The standard InChI is InChI=1S/C15H10BrClN2O3S/c16-11-5-1-10(2-6-11)14-19-15(23(18,20)21)13(22-14)9-3-7-12(17)8-4-9/h1-8H,(H2,18,20,21). The second kappa shape index (κ2) is 6.09. The summed E-state index contributed by atoms with van der Waals surface area (Å²) in [6.07, 6.45) is 0. The van der Waals surface area contributed by atoms with Gasteiger partial charge in [0.25, 0.3) is 10.0 Å². The van der Waals surface area contributed by atoms with E-state index < -0.39 is 10.0 Å². The number of primary sulfonamides is 1. The van der Waals surface area contributed by atoms with E-state index in [0.29, 0.717) is 16.1 Å². The number of benzene rings is 2. The predicted molar refractivity (Wildman–Crippen MR) is 91.5 cm³/mol. The Morgan fingerprint density at radius 3 is 2.13 bits per heavy atom. The first-order chi connectivity index (χ1) is 10.8. The number of nitrogens with zero attached hydrogens (tertiary/aromatic N) is 1. The molecule has 3 aromatic rings. The molecule has 0 radical (unpaired) electrons. The van der Waals surface area contributed by atoms with E-state index in [4.69, 9.17) is 21.2 Å². The third-order valence-corrected chi connectivity index (χ3v) is 4.66. The summed E-state index contributed by atoms with van der Waals surface area (Å²) in [6, 6.07) is 13.7. The topological polar surface area (TPSA) is 86.2 Å². The molecule has 0 saturated carbocycles. The van der Waals surface area contributed by atoms with Gasteiger partial charge in [0, 0.05) is 20.6 Å². The van der Waals surface area contributed by atoms with Gasteiger partial charge in [-0.15, -0.1) is 0 Å². The lowest BCUT2D eigenvalue weighted by atomic mass is 10.2. The Bertz CT molecular complexity index is 951. The van der Waals surface area contributed by atoms with Crippen LogP contribution in [0.4, 0.5) is 0 Å². The Kier molecular flexibility index (Phi) is 4.29. The van der Waals surface area contributed by atoms with Gasteiger partial charge in [-0.25, -0.2) is 13.6 Å². The van der Waals surface area contributed by atoms with Gasteiger partial charge in [0.15, 0.2) is 5.76 Å². The molecule has 0 aliphatic heterocycles. The monoisotopic (exact) mass is 412 g/mol. The molecule has 8 heteroatoms. The van der Waals surface area contributed by atoms with Crippen LogP contribution >= 0.6 is 27.5 Å². The van der Waals surface area contributed by atoms with Crippen molar-refractivity contribution in [1.82, 2.24) is 4.98 Å². The summed E-state index contributed by atoms with van der Waals surface area (Å²) in [4.78, 5) is 4.05. The van der Waals surface area contributed by atoms with Gasteiger partial charge < -0.3 is 4.42 Å². The van der Waals surface area contributed by atoms with Gasteiger partial charge in [-0.1, -0.05) is 27.5 Å². The maximum absolute atomic E-state index is 11.8. The lowest BCUT2D eigenvalue weighted by Crippen LogP contribution is -2.13. The average molecular weight is 414 g/mol. The number of nitrogens with two attached hydrogens (primary N) is 1. The SMILES string of the molecule is NS(=O)(=O)c1nc(-c2ccc(Br)cc2)oc1-c1ccc(Cl)cc1. The number of rotatable bonds is 3. The molecule has 118 valence electrons. The average Bonchev–Trinajstić information content (AvgIpc) is 2.94. The van der Waals surface area contributed by atoms with Crippen LogP contribution < -0.4 is 5.14 Å². The van der Waals surface area contributed by atoms with Crippen molar-refractivity contribution in [3.05, 3.63) is 58.0 Å². The Labute approximate surface area is 146 Å². The minimum atomic E-state index is -4.03. The van der Waals surface area contributed by atoms with E-state index in [1.54, 1.807) is 48.5 Å². The highest BCUT2D eigenvalue weighted by atomic mass is 79.9. The van der Waals surface area contributed by atoms with Crippen LogP contribution in [0.2, 0.25) is 5.02 Å². The molecule has 3 rings (SSSR count). The van der Waals surface area contributed by atoms with Crippen molar-refractivity contribution in [2.45, 2.75) is 5.03 Å². The zero-order valence-corrected chi connectivity index (χ0v) is 14.7. The van der Waals surface area contributed by atoms with Crippen molar-refractivity contribution in [3.63, 3.8) is 0 Å². The fourth-order valence-electron chi connectivity index (χ4n) is 2.00. The predicted octanol–water partition coefficient (Wildman–Crippen LogP) is 4.07. The molecule has 0 aliphatic rings. The van der Waals surface area contributed by atoms with Crippen molar-refractivity contribution < 1.29 is 12.8 Å². The van der Waals surface area contributed by atoms with Crippen LogP contribution in [0, 0.1) is 0 Å². The van der Waals surface area contributed by atoms with E-state index in [1.807, 2.05) is 0 Å². The summed E-state index contributed by atoms with van der Waals surface area (Å²) in [6.45, 7) is 0. The molecule has 0 aliphatic carbocycles. The quantitative estimate of drug-likeness (QED) is 0.701. The van der Waals surface area contributed by atoms with Gasteiger partial charge in [-0.2, -0.15) is 4.98 Å². The molecule has 0 amide bonds. The molecule has 0 unspecified atom stereocenters. The van der Waals surface area contributed by atoms with Crippen molar-refractivity contribution in [3.8, 4) is 22.8 Å². The van der Waals surface area contributed by atoms with E-state index in [1.165, 1.54) is 0 Å². The first-order valence-corrected chi connectivity index (χ1v) is 9.12. The Morgan fingerprint density at radius 2 is 1.57 bits per heavy atom. The molecule has 0 saturated heterocycles. The van der Waals surface area contributed by atoms with E-state index in [9.17, 15) is 8.42 Å². The molecule has 0 fully saturated rings. The van der Waals surface area contributed by atoms with Crippen molar-refractivity contribution in [1.29, 1.82) is 0 Å². The molecule has 0 spiro atoms. The van der Waals surface area contributed by atoms with Crippen LogP contribution in [0.3, 0.4) is 0 Å². The minimum absolute atomic E-state index is 0.0853. The number of hydrogen-bond donors (Lipinski definition) is 1. The largest absolute Gasteiger partial charge is 0.435 e. The number of hydrogen-bond acceptors (Lipinski definition) is 4. The molecule has 23 heavy (non-hydrogen) atoms. The van der Waals surface area contributed by atoms with E-state index in [0.717, 1.165) is 4.47 Å². The second-order valence-corrected chi connectivity index (χ2v) is 7.54. The van der Waals surface area contributed by atoms with Crippen LogP contribution in [0.15, 0.2) is 62.4 Å². The maximum atomic E-state index is 11.8. The summed E-state index contributed by atoms with van der Waals surface area (Å²) in [5.74, 6) is 0.258. The van der Waals surface area contributed by atoms with Gasteiger partial charge in [-0.3, -0.25) is 0 Å². The van der Waals surface area contributed by atoms with Crippen molar-refractivity contribution >= 4 is 37.6 Å². The highest BCUT2D eigenvalue weighted by Gasteiger charge is 2.24. The summed E-state index contributed by atoms with van der Waals surface area (Å²) in [5, 5.41) is 5.48. The molecule has 5 nitrogen and oxygen atoms in total. The highest BCUT2D eigenvalue weighted by Crippen LogP contribution is 2.32. The second-order valence-electron chi connectivity index (χ2n) is 4.71. The molecule has 0 atom stereocenters. The van der Waals surface area contributed by atoms with E-state index in [-0.39, 0.29) is 16.7 Å². The Hall–Kier alpha value is -1.67. The molecule has 1 heterocycles. The van der Waals surface area contributed by atoms with Gasteiger partial charge in [0.2, 0.25) is 10.9 Å². The van der Waals surface area contributed by atoms with Crippen LogP contribution in [-0.4, -0.2) is 13.4 Å². The molecule has 2 N–H and O–H groups in total. The van der Waals surface area contributed by atoms with Gasteiger partial charge in [-0.05, 0) is 48.5 Å². The van der Waals surface area contributed by atoms with E-state index in [2.05, 4.69) is 20.9 Å². The first kappa shape index (κ1) is 16.2. The lowest BCUT2D eigenvalue weighted by molar-refractivity contribution is 0.580. The zero-order chi connectivity index (χ0) is 16.6.